The van der Waals surface area contributed by atoms with Crippen LogP contribution in [-0.4, -0.2) is 22.7 Å². The molecule has 1 amide bonds. The lowest BCUT2D eigenvalue weighted by Crippen LogP contribution is -2.25. The van der Waals surface area contributed by atoms with Crippen molar-refractivity contribution in [1.82, 2.24) is 15.5 Å². The third kappa shape index (κ3) is 2.65. The second-order valence-electron chi connectivity index (χ2n) is 4.80. The third-order valence-electron chi connectivity index (χ3n) is 3.31. The highest BCUT2D eigenvalue weighted by Crippen LogP contribution is 2.28. The highest BCUT2D eigenvalue weighted by molar-refractivity contribution is 5.95. The molecule has 6 heteroatoms. The Balaban J connectivity index is 1.66. The summed E-state index contributed by atoms with van der Waals surface area (Å²) in [5.41, 5.74) is 2.93. The van der Waals surface area contributed by atoms with Gasteiger partial charge in [0.15, 0.2) is 6.61 Å². The van der Waals surface area contributed by atoms with E-state index in [1.807, 2.05) is 24.4 Å². The van der Waals surface area contributed by atoms with Crippen LogP contribution in [-0.2, 0) is 11.3 Å². The second-order valence-corrected chi connectivity index (χ2v) is 4.80. The lowest BCUT2D eigenvalue weighted by Gasteiger charge is -2.19. The molecular weight excluding hydrogens is 256 g/mol. The van der Waals surface area contributed by atoms with Gasteiger partial charge in [-0.2, -0.15) is 5.10 Å². The average molecular weight is 272 g/mol. The fraction of sp³-hybridized carbons (Fsp3) is 0.286. The molecule has 1 atom stereocenters. The van der Waals surface area contributed by atoms with Crippen LogP contribution < -0.4 is 15.4 Å². The number of aromatic amines is 1. The molecule has 1 aromatic carbocycles. The van der Waals surface area contributed by atoms with E-state index in [1.54, 1.807) is 6.20 Å². The van der Waals surface area contributed by atoms with Crippen LogP contribution >= 0.6 is 0 Å². The van der Waals surface area contributed by atoms with Crippen molar-refractivity contribution in [3.8, 4) is 5.75 Å². The van der Waals surface area contributed by atoms with Crippen LogP contribution in [0.4, 0.5) is 5.69 Å². The molecule has 1 aliphatic rings. The Bertz CT molecular complexity index is 610. The first-order valence-electron chi connectivity index (χ1n) is 6.50. The average Bonchev–Trinajstić information content (AvgIpc) is 2.98. The van der Waals surface area contributed by atoms with Crippen LogP contribution in [0.15, 0.2) is 30.6 Å². The Labute approximate surface area is 116 Å². The molecule has 20 heavy (non-hydrogen) atoms. The summed E-state index contributed by atoms with van der Waals surface area (Å²) < 4.78 is 5.33. The van der Waals surface area contributed by atoms with Crippen LogP contribution in [0.1, 0.15) is 24.1 Å². The Hall–Kier alpha value is -2.34. The fourth-order valence-corrected chi connectivity index (χ4v) is 2.13. The Morgan fingerprint density at radius 3 is 3.20 bits per heavy atom. The summed E-state index contributed by atoms with van der Waals surface area (Å²) >= 11 is 0. The van der Waals surface area contributed by atoms with Crippen LogP contribution in [0.3, 0.4) is 0 Å². The SMILES string of the molecule is CC(NCc1ccc2c(c1)NC(=O)CO2)c1cn[nH]c1. The molecule has 3 rings (SSSR count). The minimum atomic E-state index is -0.116. The Kier molecular flexibility index (Phi) is 3.39. The van der Waals surface area contributed by atoms with Gasteiger partial charge in [0.1, 0.15) is 5.75 Å². The largest absolute Gasteiger partial charge is 0.482 e. The summed E-state index contributed by atoms with van der Waals surface area (Å²) in [5, 5.41) is 13.0. The molecule has 0 saturated heterocycles. The second kappa shape index (κ2) is 5.34. The molecule has 2 heterocycles. The number of rotatable bonds is 4. The van der Waals surface area contributed by atoms with E-state index in [-0.39, 0.29) is 18.6 Å². The summed E-state index contributed by atoms with van der Waals surface area (Å²) in [4.78, 5) is 11.3. The van der Waals surface area contributed by atoms with Gasteiger partial charge in [-0.05, 0) is 24.6 Å². The van der Waals surface area contributed by atoms with Gasteiger partial charge in [-0.15, -0.1) is 0 Å². The number of carbonyl (C=O) groups excluding carboxylic acids is 1. The van der Waals surface area contributed by atoms with Crippen molar-refractivity contribution < 1.29 is 9.53 Å². The zero-order valence-corrected chi connectivity index (χ0v) is 11.1. The summed E-state index contributed by atoms with van der Waals surface area (Å²) in [6, 6.07) is 6.01. The highest BCUT2D eigenvalue weighted by atomic mass is 16.5. The van der Waals surface area contributed by atoms with Gasteiger partial charge in [0.25, 0.3) is 5.91 Å². The minimum Gasteiger partial charge on any atom is -0.482 e. The van der Waals surface area contributed by atoms with E-state index in [1.165, 1.54) is 0 Å². The maximum Gasteiger partial charge on any atom is 0.262 e. The Morgan fingerprint density at radius 1 is 1.50 bits per heavy atom. The number of nitrogens with zero attached hydrogens (tertiary/aromatic N) is 1. The standard InChI is InChI=1S/C14H16N4O2/c1-9(11-6-16-17-7-11)15-5-10-2-3-13-12(4-10)18-14(19)8-20-13/h2-4,6-7,9,15H,5,8H2,1H3,(H,16,17)(H,18,19). The normalized spacial score (nSPS) is 15.2. The van der Waals surface area contributed by atoms with Crippen molar-refractivity contribution in [2.45, 2.75) is 19.5 Å². The predicted octanol–water partition coefficient (Wildman–Crippen LogP) is 1.59. The lowest BCUT2D eigenvalue weighted by atomic mass is 10.1. The number of anilines is 1. The van der Waals surface area contributed by atoms with Gasteiger partial charge in [0, 0.05) is 24.3 Å². The minimum absolute atomic E-state index is 0.0854. The number of benzene rings is 1. The first-order valence-corrected chi connectivity index (χ1v) is 6.50. The molecule has 6 nitrogen and oxygen atoms in total. The van der Waals surface area contributed by atoms with Crippen molar-refractivity contribution in [3.05, 3.63) is 41.7 Å². The zero-order valence-electron chi connectivity index (χ0n) is 11.1. The molecular formula is C14H16N4O2. The molecule has 1 aliphatic heterocycles. The van der Waals surface area contributed by atoms with Crippen molar-refractivity contribution in [3.63, 3.8) is 0 Å². The van der Waals surface area contributed by atoms with Gasteiger partial charge in [-0.3, -0.25) is 9.89 Å². The van der Waals surface area contributed by atoms with Gasteiger partial charge in [-0.1, -0.05) is 6.07 Å². The van der Waals surface area contributed by atoms with E-state index < -0.39 is 0 Å². The van der Waals surface area contributed by atoms with Crippen LogP contribution in [0.2, 0.25) is 0 Å². The summed E-state index contributed by atoms with van der Waals surface area (Å²) in [6.07, 6.45) is 3.68. The molecule has 0 radical (unpaired) electrons. The van der Waals surface area contributed by atoms with Crippen LogP contribution in [0, 0.1) is 0 Å². The number of aromatic nitrogens is 2. The number of carbonyl (C=O) groups is 1. The maximum atomic E-state index is 11.3. The highest BCUT2D eigenvalue weighted by Gasteiger charge is 2.16. The van der Waals surface area contributed by atoms with E-state index in [4.69, 9.17) is 4.74 Å². The third-order valence-corrected chi connectivity index (χ3v) is 3.31. The molecule has 2 aromatic rings. The van der Waals surface area contributed by atoms with Crippen LogP contribution in [0.5, 0.6) is 5.75 Å². The zero-order chi connectivity index (χ0) is 13.9. The van der Waals surface area contributed by atoms with Crippen molar-refractivity contribution >= 4 is 11.6 Å². The van der Waals surface area contributed by atoms with Crippen LogP contribution in [0.25, 0.3) is 0 Å². The van der Waals surface area contributed by atoms with E-state index in [0.717, 1.165) is 22.6 Å². The van der Waals surface area contributed by atoms with Gasteiger partial charge in [0.2, 0.25) is 0 Å². The molecule has 0 bridgehead atoms. The molecule has 0 fully saturated rings. The number of hydrogen-bond donors (Lipinski definition) is 3. The quantitative estimate of drug-likeness (QED) is 0.789. The molecule has 0 saturated carbocycles. The summed E-state index contributed by atoms with van der Waals surface area (Å²) in [7, 11) is 0. The number of fused-ring (bicyclic) bond motifs is 1. The summed E-state index contributed by atoms with van der Waals surface area (Å²) in [5.74, 6) is 0.602. The lowest BCUT2D eigenvalue weighted by molar-refractivity contribution is -0.118. The van der Waals surface area contributed by atoms with E-state index in [9.17, 15) is 4.79 Å². The monoisotopic (exact) mass is 272 g/mol. The van der Waals surface area contributed by atoms with Gasteiger partial charge >= 0.3 is 0 Å². The number of H-pyrrole nitrogens is 1. The van der Waals surface area contributed by atoms with E-state index in [0.29, 0.717) is 6.54 Å². The van der Waals surface area contributed by atoms with Gasteiger partial charge < -0.3 is 15.4 Å². The number of amides is 1. The Morgan fingerprint density at radius 2 is 2.40 bits per heavy atom. The van der Waals surface area contributed by atoms with Gasteiger partial charge in [-0.25, -0.2) is 0 Å². The predicted molar refractivity (Wildman–Crippen MR) is 74.4 cm³/mol. The number of ether oxygens (including phenoxy) is 1. The van der Waals surface area contributed by atoms with E-state index >= 15 is 0 Å². The van der Waals surface area contributed by atoms with Crippen molar-refractivity contribution in [1.29, 1.82) is 0 Å². The van der Waals surface area contributed by atoms with Gasteiger partial charge in [0.05, 0.1) is 11.9 Å². The fourth-order valence-electron chi connectivity index (χ4n) is 2.13. The molecule has 3 N–H and O–H groups in total. The first-order chi connectivity index (χ1) is 9.72. The topological polar surface area (TPSA) is 79.0 Å². The van der Waals surface area contributed by atoms with E-state index in [2.05, 4.69) is 27.8 Å². The maximum absolute atomic E-state index is 11.3. The molecule has 0 aliphatic carbocycles. The van der Waals surface area contributed by atoms with Crippen molar-refractivity contribution in [2.75, 3.05) is 11.9 Å². The molecule has 1 unspecified atom stereocenters. The van der Waals surface area contributed by atoms with Crippen molar-refractivity contribution in [2.24, 2.45) is 0 Å². The summed E-state index contributed by atoms with van der Waals surface area (Å²) in [6.45, 7) is 2.87. The smallest absolute Gasteiger partial charge is 0.262 e. The number of hydrogen-bond acceptors (Lipinski definition) is 4. The first kappa shape index (κ1) is 12.7. The number of nitrogens with one attached hydrogen (secondary N) is 3. The molecule has 0 spiro atoms. The molecule has 1 aromatic heterocycles. The molecule has 104 valence electrons.